The maximum atomic E-state index is 12.7. The van der Waals surface area contributed by atoms with Crippen molar-refractivity contribution in [2.45, 2.75) is 199 Å². The summed E-state index contributed by atoms with van der Waals surface area (Å²) in [5.74, 6) is -1.76. The molecule has 0 aliphatic rings. The smallest absolute Gasteiger partial charge is 0.306 e. The molecule has 0 spiro atoms. The van der Waals surface area contributed by atoms with Gasteiger partial charge in [0.25, 0.3) is 0 Å². The van der Waals surface area contributed by atoms with Gasteiger partial charge >= 0.3 is 11.9 Å². The Balaban J connectivity index is 4.36. The van der Waals surface area contributed by atoms with Gasteiger partial charge in [0.15, 0.2) is 6.10 Å². The van der Waals surface area contributed by atoms with Crippen molar-refractivity contribution < 1.29 is 38.2 Å². The van der Waals surface area contributed by atoms with E-state index in [1.54, 1.807) is 21.1 Å². The lowest BCUT2D eigenvalue weighted by Gasteiger charge is -2.34. The molecular formula is C46H83NO7. The number of carbonyl (C=O) groups is 3. The highest BCUT2D eigenvalue weighted by molar-refractivity contribution is 5.70. The Morgan fingerprint density at radius 3 is 1.43 bits per heavy atom. The molecule has 0 radical (unpaired) electrons. The Kier molecular flexibility index (Phi) is 35.8. The third-order valence-electron chi connectivity index (χ3n) is 9.84. The zero-order chi connectivity index (χ0) is 40.0. The van der Waals surface area contributed by atoms with Crippen LogP contribution < -0.4 is 5.11 Å². The van der Waals surface area contributed by atoms with Crippen molar-refractivity contribution >= 4 is 17.9 Å². The number of unbranched alkanes of at least 4 members (excludes halogenated alkanes) is 21. The Bertz CT molecular complexity index is 984. The highest BCUT2D eigenvalue weighted by Crippen LogP contribution is 2.14. The number of carboxylic acid groups (broad SMARTS) is 1. The first kappa shape index (κ1) is 51.5. The first-order valence-corrected chi connectivity index (χ1v) is 22.0. The summed E-state index contributed by atoms with van der Waals surface area (Å²) in [5.41, 5.74) is 0. The van der Waals surface area contributed by atoms with E-state index in [4.69, 9.17) is 14.2 Å². The fourth-order valence-corrected chi connectivity index (χ4v) is 6.37. The van der Waals surface area contributed by atoms with Crippen LogP contribution in [0, 0.1) is 0 Å². The normalized spacial score (nSPS) is 13.3. The van der Waals surface area contributed by atoms with E-state index in [-0.39, 0.29) is 42.7 Å². The summed E-state index contributed by atoms with van der Waals surface area (Å²) in [6.07, 6.45) is 41.6. The molecule has 0 aromatic carbocycles. The third-order valence-corrected chi connectivity index (χ3v) is 9.84. The van der Waals surface area contributed by atoms with Crippen LogP contribution in [0.4, 0.5) is 0 Å². The van der Waals surface area contributed by atoms with Crippen LogP contribution in [0.1, 0.15) is 187 Å². The average molecular weight is 762 g/mol. The summed E-state index contributed by atoms with van der Waals surface area (Å²) in [7, 11) is 5.40. The molecule has 2 atom stereocenters. The second-order valence-corrected chi connectivity index (χ2v) is 16.0. The van der Waals surface area contributed by atoms with Crippen LogP contribution >= 0.6 is 0 Å². The largest absolute Gasteiger partial charge is 0.544 e. The lowest BCUT2D eigenvalue weighted by molar-refractivity contribution is -0.889. The van der Waals surface area contributed by atoms with E-state index in [0.717, 1.165) is 64.2 Å². The van der Waals surface area contributed by atoms with Gasteiger partial charge in [-0.1, -0.05) is 166 Å². The van der Waals surface area contributed by atoms with Crippen LogP contribution in [-0.4, -0.2) is 75.5 Å². The van der Waals surface area contributed by atoms with Crippen LogP contribution in [0.15, 0.2) is 36.5 Å². The monoisotopic (exact) mass is 762 g/mol. The molecule has 0 heterocycles. The van der Waals surface area contributed by atoms with E-state index in [9.17, 15) is 19.5 Å². The number of carboxylic acids is 1. The predicted octanol–water partition coefficient (Wildman–Crippen LogP) is 10.5. The van der Waals surface area contributed by atoms with Crippen molar-refractivity contribution in [1.29, 1.82) is 0 Å². The Morgan fingerprint density at radius 2 is 0.981 bits per heavy atom. The summed E-state index contributed by atoms with van der Waals surface area (Å²) < 4.78 is 17.1. The maximum Gasteiger partial charge on any atom is 0.306 e. The zero-order valence-electron chi connectivity index (χ0n) is 35.6. The van der Waals surface area contributed by atoms with Crippen LogP contribution in [0.2, 0.25) is 0 Å². The predicted molar refractivity (Wildman–Crippen MR) is 222 cm³/mol. The number of likely N-dealkylation sites (N-methyl/N-ethyl adjacent to an activating group) is 1. The van der Waals surface area contributed by atoms with Gasteiger partial charge in [-0.05, 0) is 38.5 Å². The van der Waals surface area contributed by atoms with Crippen molar-refractivity contribution in [1.82, 2.24) is 0 Å². The van der Waals surface area contributed by atoms with Crippen LogP contribution in [0.5, 0.6) is 0 Å². The Hall–Kier alpha value is -2.45. The molecule has 0 amide bonds. The number of quaternary nitrogens is 1. The minimum atomic E-state index is -1.13. The molecule has 8 heteroatoms. The van der Waals surface area contributed by atoms with Crippen LogP contribution in [0.3, 0.4) is 0 Å². The maximum absolute atomic E-state index is 12.7. The van der Waals surface area contributed by atoms with Gasteiger partial charge in [0.05, 0.1) is 40.3 Å². The molecule has 0 aliphatic heterocycles. The quantitative estimate of drug-likeness (QED) is 0.0266. The number of esters is 2. The van der Waals surface area contributed by atoms with Crippen LogP contribution in [-0.2, 0) is 28.6 Å². The van der Waals surface area contributed by atoms with Crippen molar-refractivity contribution in [2.24, 2.45) is 0 Å². The van der Waals surface area contributed by atoms with E-state index < -0.39 is 18.1 Å². The van der Waals surface area contributed by atoms with Gasteiger partial charge in [-0.2, -0.15) is 0 Å². The number of hydrogen-bond acceptors (Lipinski definition) is 7. The van der Waals surface area contributed by atoms with Gasteiger partial charge in [0.2, 0.25) is 0 Å². The number of nitrogens with zero attached hydrogens (tertiary/aromatic N) is 1. The number of carbonyl (C=O) groups excluding carboxylic acids is 3. The number of aliphatic carboxylic acids is 1. The van der Waals surface area contributed by atoms with Crippen molar-refractivity contribution in [3.8, 4) is 0 Å². The Labute approximate surface area is 332 Å². The SMILES string of the molecule is CCCCCCC/C=C/C=C/C=C/CCCCCCCC(=O)OCC(COCCC(C(=O)[O-])[N+](C)(C)C)OC(=O)CCCCCCCCCCCCCC. The molecule has 8 nitrogen and oxygen atoms in total. The van der Waals surface area contributed by atoms with E-state index in [1.807, 2.05) is 0 Å². The molecular weight excluding hydrogens is 679 g/mol. The van der Waals surface area contributed by atoms with Gasteiger partial charge in [-0.3, -0.25) is 9.59 Å². The van der Waals surface area contributed by atoms with E-state index in [1.165, 1.54) is 89.9 Å². The van der Waals surface area contributed by atoms with Crippen molar-refractivity contribution in [3.63, 3.8) is 0 Å². The van der Waals surface area contributed by atoms with Gasteiger partial charge in [-0.15, -0.1) is 0 Å². The molecule has 2 unspecified atom stereocenters. The fourth-order valence-electron chi connectivity index (χ4n) is 6.37. The molecule has 0 aromatic rings. The topological polar surface area (TPSA) is 102 Å². The molecule has 0 bridgehead atoms. The lowest BCUT2D eigenvalue weighted by Crippen LogP contribution is -2.55. The molecule has 0 aliphatic carbocycles. The number of allylic oxidation sites excluding steroid dienone is 6. The summed E-state index contributed by atoms with van der Waals surface area (Å²) in [4.78, 5) is 36.8. The number of ether oxygens (including phenoxy) is 3. The number of rotatable bonds is 39. The molecule has 0 N–H and O–H groups in total. The molecule has 0 fully saturated rings. The Morgan fingerprint density at radius 1 is 0.556 bits per heavy atom. The lowest BCUT2D eigenvalue weighted by atomic mass is 10.0. The molecule has 54 heavy (non-hydrogen) atoms. The highest BCUT2D eigenvalue weighted by Gasteiger charge is 2.25. The zero-order valence-corrected chi connectivity index (χ0v) is 35.6. The molecule has 0 aromatic heterocycles. The van der Waals surface area contributed by atoms with Crippen molar-refractivity contribution in [2.75, 3.05) is 41.0 Å². The number of hydrogen-bond donors (Lipinski definition) is 0. The van der Waals surface area contributed by atoms with Crippen LogP contribution in [0.25, 0.3) is 0 Å². The van der Waals surface area contributed by atoms with Gasteiger partial charge in [0, 0.05) is 19.3 Å². The summed E-state index contributed by atoms with van der Waals surface area (Å²) >= 11 is 0. The average Bonchev–Trinajstić information content (AvgIpc) is 3.12. The van der Waals surface area contributed by atoms with E-state index in [2.05, 4.69) is 50.3 Å². The highest BCUT2D eigenvalue weighted by atomic mass is 16.6. The molecule has 0 saturated carbocycles. The third kappa shape index (κ3) is 35.3. The fraction of sp³-hybridized carbons (Fsp3) is 0.804. The second kappa shape index (κ2) is 37.5. The van der Waals surface area contributed by atoms with Gasteiger partial charge in [-0.25, -0.2) is 0 Å². The molecule has 0 saturated heterocycles. The minimum Gasteiger partial charge on any atom is -0.544 e. The molecule has 314 valence electrons. The molecule has 0 rings (SSSR count). The van der Waals surface area contributed by atoms with E-state index >= 15 is 0 Å². The summed E-state index contributed by atoms with van der Waals surface area (Å²) in [6.45, 7) is 4.62. The summed E-state index contributed by atoms with van der Waals surface area (Å²) in [6, 6.07) is -0.727. The first-order valence-electron chi connectivity index (χ1n) is 22.0. The van der Waals surface area contributed by atoms with Gasteiger partial charge in [0.1, 0.15) is 12.6 Å². The first-order chi connectivity index (χ1) is 26.1. The standard InChI is InChI=1S/C46H83NO7/c1-6-8-10-12-14-16-18-20-21-22-23-24-25-27-28-30-32-34-36-44(48)53-41-42(40-52-39-38-43(46(50)51)47(3,4)5)54-45(49)37-35-33-31-29-26-19-17-15-13-11-9-7-2/h18,20-24,42-43H,6-17,19,25-41H2,1-5H3/b20-18+,22-21+,24-23+. The second-order valence-electron chi connectivity index (χ2n) is 16.0. The van der Waals surface area contributed by atoms with E-state index in [0.29, 0.717) is 12.8 Å². The van der Waals surface area contributed by atoms with Gasteiger partial charge < -0.3 is 28.6 Å². The van der Waals surface area contributed by atoms with Crippen molar-refractivity contribution in [3.05, 3.63) is 36.5 Å². The summed E-state index contributed by atoms with van der Waals surface area (Å²) in [5, 5.41) is 11.6. The minimum absolute atomic E-state index is 0.0362.